The molecule has 146 valence electrons. The van der Waals surface area contributed by atoms with Gasteiger partial charge in [0.05, 0.1) is 13.7 Å². The topological polar surface area (TPSA) is 132 Å². The Kier molecular flexibility index (Phi) is 5.61. The molecule has 0 radical (unpaired) electrons. The third-order valence-corrected chi connectivity index (χ3v) is 4.23. The first-order chi connectivity index (χ1) is 13.0. The summed E-state index contributed by atoms with van der Waals surface area (Å²) in [4.78, 5) is 36.5. The first-order valence-electron chi connectivity index (χ1n) is 8.19. The minimum atomic E-state index is -1.28. The van der Waals surface area contributed by atoms with E-state index in [0.29, 0.717) is 5.75 Å². The highest BCUT2D eigenvalue weighted by molar-refractivity contribution is 5.38. The number of para-hydroxylation sites is 2. The SMILES string of the molecule is COc1ccccc1OO[C@@H]1[C@H](O)[C@@H](CO)O[C@H]1n1cc(C)c(=O)[nH]c1=O. The van der Waals surface area contributed by atoms with Crippen molar-refractivity contribution in [2.45, 2.75) is 31.5 Å². The number of hydrogen-bond acceptors (Lipinski definition) is 8. The van der Waals surface area contributed by atoms with Crippen molar-refractivity contribution in [3.05, 3.63) is 56.9 Å². The molecule has 4 atom stereocenters. The lowest BCUT2D eigenvalue weighted by Gasteiger charge is -2.21. The monoisotopic (exact) mass is 380 g/mol. The zero-order chi connectivity index (χ0) is 19.6. The molecule has 0 bridgehead atoms. The minimum Gasteiger partial charge on any atom is -0.493 e. The van der Waals surface area contributed by atoms with Crippen LogP contribution in [0.3, 0.4) is 0 Å². The second-order valence-corrected chi connectivity index (χ2v) is 6.01. The van der Waals surface area contributed by atoms with Crippen LogP contribution in [0.4, 0.5) is 0 Å². The molecule has 1 aliphatic heterocycles. The summed E-state index contributed by atoms with van der Waals surface area (Å²) in [5, 5.41) is 19.8. The molecule has 1 fully saturated rings. The van der Waals surface area contributed by atoms with Crippen LogP contribution in [-0.4, -0.2) is 51.8 Å². The Labute approximate surface area is 153 Å². The van der Waals surface area contributed by atoms with Gasteiger partial charge in [0, 0.05) is 11.8 Å². The van der Waals surface area contributed by atoms with E-state index in [-0.39, 0.29) is 11.3 Å². The molecule has 1 aromatic carbocycles. The van der Waals surface area contributed by atoms with Crippen LogP contribution in [0.2, 0.25) is 0 Å². The highest BCUT2D eigenvalue weighted by atomic mass is 17.2. The van der Waals surface area contributed by atoms with Gasteiger partial charge in [0.25, 0.3) is 5.56 Å². The minimum absolute atomic E-state index is 0.253. The van der Waals surface area contributed by atoms with Crippen molar-refractivity contribution in [1.29, 1.82) is 0 Å². The summed E-state index contributed by atoms with van der Waals surface area (Å²) in [7, 11) is 1.46. The van der Waals surface area contributed by atoms with Gasteiger partial charge in [-0.05, 0) is 19.1 Å². The van der Waals surface area contributed by atoms with Crippen LogP contribution in [0.1, 0.15) is 11.8 Å². The number of rotatable bonds is 6. The molecule has 1 aromatic heterocycles. The van der Waals surface area contributed by atoms with Crippen molar-refractivity contribution < 1.29 is 29.5 Å². The van der Waals surface area contributed by atoms with Crippen molar-refractivity contribution in [3.63, 3.8) is 0 Å². The Balaban J connectivity index is 1.89. The highest BCUT2D eigenvalue weighted by Crippen LogP contribution is 2.33. The number of aryl methyl sites for hydroxylation is 1. The fourth-order valence-electron chi connectivity index (χ4n) is 2.77. The molecule has 3 N–H and O–H groups in total. The van der Waals surface area contributed by atoms with Gasteiger partial charge in [-0.25, -0.2) is 4.79 Å². The van der Waals surface area contributed by atoms with Gasteiger partial charge in [-0.3, -0.25) is 14.3 Å². The van der Waals surface area contributed by atoms with E-state index in [1.807, 2.05) is 0 Å². The lowest BCUT2D eigenvalue weighted by Crippen LogP contribution is -2.40. The Morgan fingerprint density at radius 2 is 1.96 bits per heavy atom. The molecule has 0 amide bonds. The van der Waals surface area contributed by atoms with E-state index in [0.717, 1.165) is 4.57 Å². The number of nitrogens with one attached hydrogen (secondary N) is 1. The molecule has 0 saturated carbocycles. The van der Waals surface area contributed by atoms with Crippen LogP contribution in [0.15, 0.2) is 40.1 Å². The number of aliphatic hydroxyl groups is 2. The fraction of sp³-hybridized carbons (Fsp3) is 0.412. The average Bonchev–Trinajstić information content (AvgIpc) is 2.98. The Hall–Kier alpha value is -2.66. The van der Waals surface area contributed by atoms with Gasteiger partial charge in [0.1, 0.15) is 12.2 Å². The number of ether oxygens (including phenoxy) is 2. The van der Waals surface area contributed by atoms with E-state index in [4.69, 9.17) is 19.2 Å². The molecule has 27 heavy (non-hydrogen) atoms. The number of nitrogens with zero attached hydrogens (tertiary/aromatic N) is 1. The lowest BCUT2D eigenvalue weighted by molar-refractivity contribution is -0.276. The predicted octanol–water partition coefficient (Wildman–Crippen LogP) is -0.517. The van der Waals surface area contributed by atoms with E-state index >= 15 is 0 Å². The number of H-pyrrole nitrogens is 1. The summed E-state index contributed by atoms with van der Waals surface area (Å²) < 4.78 is 11.8. The fourth-order valence-corrected chi connectivity index (χ4v) is 2.77. The summed E-state index contributed by atoms with van der Waals surface area (Å²) >= 11 is 0. The molecule has 0 spiro atoms. The molecule has 2 aromatic rings. The van der Waals surface area contributed by atoms with Crippen LogP contribution < -0.4 is 20.9 Å². The second kappa shape index (κ2) is 7.92. The maximum Gasteiger partial charge on any atom is 0.330 e. The van der Waals surface area contributed by atoms with Crippen LogP contribution in [0.25, 0.3) is 0 Å². The summed E-state index contributed by atoms with van der Waals surface area (Å²) in [6.07, 6.45) is -3.28. The van der Waals surface area contributed by atoms with E-state index in [2.05, 4.69) is 4.98 Å². The largest absolute Gasteiger partial charge is 0.493 e. The highest BCUT2D eigenvalue weighted by Gasteiger charge is 2.47. The standard InChI is InChI=1S/C17H20N2O8/c1-9-7-19(17(23)18-15(9)22)16-14(13(21)12(8-20)25-16)27-26-11-6-4-3-5-10(11)24-2/h3-7,12-14,16,20-21H,8H2,1-2H3,(H,18,22,23)/t12-,13-,14-,16-/m1/s1. The van der Waals surface area contributed by atoms with E-state index in [9.17, 15) is 19.8 Å². The van der Waals surface area contributed by atoms with Gasteiger partial charge in [0.2, 0.25) is 5.75 Å². The molecule has 1 aliphatic rings. The number of aromatic amines is 1. The molecule has 0 unspecified atom stereocenters. The number of hydrogen-bond donors (Lipinski definition) is 3. The Morgan fingerprint density at radius 1 is 1.26 bits per heavy atom. The summed E-state index contributed by atoms with van der Waals surface area (Å²) in [6, 6.07) is 6.69. The molecule has 0 aliphatic carbocycles. The van der Waals surface area contributed by atoms with Crippen molar-refractivity contribution in [3.8, 4) is 11.5 Å². The van der Waals surface area contributed by atoms with Gasteiger partial charge in [-0.15, -0.1) is 0 Å². The Bertz CT molecular complexity index is 908. The van der Waals surface area contributed by atoms with E-state index in [1.54, 1.807) is 24.3 Å². The number of aliphatic hydroxyl groups excluding tert-OH is 2. The van der Waals surface area contributed by atoms with Gasteiger partial charge in [0.15, 0.2) is 18.1 Å². The third-order valence-electron chi connectivity index (χ3n) is 4.23. The summed E-state index contributed by atoms with van der Waals surface area (Å²) in [5.74, 6) is 0.654. The van der Waals surface area contributed by atoms with E-state index in [1.165, 1.54) is 20.2 Å². The van der Waals surface area contributed by atoms with Crippen molar-refractivity contribution >= 4 is 0 Å². The molecule has 2 heterocycles. The quantitative estimate of drug-likeness (QED) is 0.451. The third kappa shape index (κ3) is 3.74. The molecular weight excluding hydrogens is 360 g/mol. The smallest absolute Gasteiger partial charge is 0.330 e. The molecule has 1 saturated heterocycles. The molecule has 10 nitrogen and oxygen atoms in total. The molecular formula is C17H20N2O8. The average molecular weight is 380 g/mol. The normalized spacial score (nSPS) is 24.7. The number of aromatic nitrogens is 2. The zero-order valence-electron chi connectivity index (χ0n) is 14.7. The summed E-state index contributed by atoms with van der Waals surface area (Å²) in [6.45, 7) is 1.02. The Morgan fingerprint density at radius 3 is 2.63 bits per heavy atom. The second-order valence-electron chi connectivity index (χ2n) is 6.01. The van der Waals surface area contributed by atoms with Gasteiger partial charge in [-0.1, -0.05) is 12.1 Å². The first-order valence-corrected chi connectivity index (χ1v) is 8.19. The van der Waals surface area contributed by atoms with E-state index < -0.39 is 42.4 Å². The van der Waals surface area contributed by atoms with Crippen LogP contribution in [0, 0.1) is 6.92 Å². The van der Waals surface area contributed by atoms with Crippen molar-refractivity contribution in [2.75, 3.05) is 13.7 Å². The van der Waals surface area contributed by atoms with Crippen LogP contribution in [-0.2, 0) is 9.62 Å². The predicted molar refractivity (Wildman–Crippen MR) is 91.6 cm³/mol. The van der Waals surface area contributed by atoms with Crippen molar-refractivity contribution in [2.24, 2.45) is 0 Å². The number of methoxy groups -OCH3 is 1. The van der Waals surface area contributed by atoms with Gasteiger partial charge in [-0.2, -0.15) is 4.89 Å². The first kappa shape index (κ1) is 19.1. The van der Waals surface area contributed by atoms with Gasteiger partial charge < -0.3 is 24.6 Å². The lowest BCUT2D eigenvalue weighted by atomic mass is 10.1. The number of benzene rings is 1. The maximum atomic E-state index is 12.2. The van der Waals surface area contributed by atoms with Crippen molar-refractivity contribution in [1.82, 2.24) is 9.55 Å². The molecule has 10 heteroatoms. The summed E-state index contributed by atoms with van der Waals surface area (Å²) in [5.41, 5.74) is -1.01. The van der Waals surface area contributed by atoms with Crippen LogP contribution in [0.5, 0.6) is 11.5 Å². The van der Waals surface area contributed by atoms with Crippen LogP contribution >= 0.6 is 0 Å². The zero-order valence-corrected chi connectivity index (χ0v) is 14.7. The maximum absolute atomic E-state index is 12.2. The van der Waals surface area contributed by atoms with Gasteiger partial charge >= 0.3 is 5.69 Å². The molecule has 3 rings (SSSR count).